The molecule has 0 bridgehead atoms. The van der Waals surface area contributed by atoms with Crippen molar-refractivity contribution in [2.75, 3.05) is 59.0 Å². The summed E-state index contributed by atoms with van der Waals surface area (Å²) in [7, 11) is 0. The molecule has 0 fully saturated rings. The zero-order chi connectivity index (χ0) is 96.6. The van der Waals surface area contributed by atoms with Crippen LogP contribution in [0.1, 0.15) is 203 Å². The third-order valence-electron chi connectivity index (χ3n) is 19.8. The van der Waals surface area contributed by atoms with Gasteiger partial charge in [-0.15, -0.1) is 0 Å². The van der Waals surface area contributed by atoms with Gasteiger partial charge in [0.15, 0.2) is 5.96 Å². The molecule has 0 aromatic carbocycles. The number of amides is 18. The summed E-state index contributed by atoms with van der Waals surface area (Å²) in [5.41, 5.74) is 56.1. The first-order valence-corrected chi connectivity index (χ1v) is 43.0. The average molecular weight is 1810 g/mol. The second-order valence-electron chi connectivity index (χ2n) is 31.6. The Kier molecular flexibility index (Phi) is 58.9. The molecule has 724 valence electrons. The average Bonchev–Trinajstić information content (AvgIpc) is 0.847. The number of carboxylic acid groups (broad SMARTS) is 1. The van der Waals surface area contributed by atoms with E-state index in [1.807, 2.05) is 0 Å². The van der Waals surface area contributed by atoms with Gasteiger partial charge in [0.2, 0.25) is 106 Å². The van der Waals surface area contributed by atoms with E-state index >= 15 is 0 Å². The smallest absolute Gasteiger partial charge is 0.305 e. The zero-order valence-electron chi connectivity index (χ0n) is 74.3. The van der Waals surface area contributed by atoms with Crippen LogP contribution in [0.3, 0.4) is 0 Å². The monoisotopic (exact) mass is 1810 g/mol. The van der Waals surface area contributed by atoms with E-state index in [4.69, 9.17) is 57.3 Å². The molecular weight excluding hydrogens is 1670 g/mol. The van der Waals surface area contributed by atoms with E-state index in [0.717, 1.165) is 13.8 Å². The fourth-order valence-electron chi connectivity index (χ4n) is 12.5. The van der Waals surface area contributed by atoms with Gasteiger partial charge in [-0.05, 0) is 207 Å². The fourth-order valence-corrected chi connectivity index (χ4v) is 12.5. The van der Waals surface area contributed by atoms with Crippen molar-refractivity contribution in [3.05, 3.63) is 0 Å². The minimum atomic E-state index is -2.02. The molecule has 0 unspecified atom stereocenters. The number of carboxylic acids is 1. The number of hydrogen-bond acceptors (Lipinski definition) is 28. The van der Waals surface area contributed by atoms with Crippen molar-refractivity contribution in [1.82, 2.24) is 85.1 Å². The Morgan fingerprint density at radius 3 is 0.945 bits per heavy atom. The Balaban J connectivity index is 6.90. The second-order valence-corrected chi connectivity index (χ2v) is 31.6. The van der Waals surface area contributed by atoms with E-state index in [0.29, 0.717) is 44.9 Å². The van der Waals surface area contributed by atoms with E-state index in [9.17, 15) is 106 Å². The number of carbonyl (C=O) groups is 19. The summed E-state index contributed by atoms with van der Waals surface area (Å²) in [5, 5.41) is 69.9. The lowest BCUT2D eigenvalue weighted by Crippen LogP contribution is -2.62. The highest BCUT2D eigenvalue weighted by Gasteiger charge is 2.40. The maximum absolute atomic E-state index is 14.5. The standard InChI is InChI=1S/C78H145N27O22/c1-41(2)60(103-70(120)52(26-13-19-35-83)96-64(114)43(5)91-67(117)49(23-10-16-32-80)94-58(110)39-90-66(116)48(28-21-37-89-78(87)88)98-74(124)56(40-106)93-46(8)108)75(125)100-50(24-11-17-33-81)68(118)92-44(6)65(115)97-53(27-14-20-36-84)71(121)104-61(42(3)4)76(126)101-51(25-12-18-34-82)69(119)102-55(38-59(111)112)73(123)99-54(29-30-57(85)109)72(122)105-62(45(7)107)77(127)95-47(63(86)113)22-9-15-31-79/h41-45,47-56,60-62,106-107H,9-40,79-84H2,1-8H3,(H2,85,109)(H2,86,113)(H,90,116)(H,91,117)(H,92,118)(H,93,108)(H,94,110)(H,95,127)(H,96,114)(H,97,115)(H,98,124)(H,99,123)(H,100,125)(H,101,126)(H,102,119)(H,103,120)(H,104,121)(H,105,122)(H,111,112)(H4,87,88,89)/t43-,44-,45+,47-,48-,49-,50-,51-,52-,53-,54-,55-,56-,60-,61-,62-/m1/s1. The van der Waals surface area contributed by atoms with Gasteiger partial charge in [-0.1, -0.05) is 27.7 Å². The number of guanidine groups is 1. The zero-order valence-corrected chi connectivity index (χ0v) is 74.3. The van der Waals surface area contributed by atoms with Crippen molar-refractivity contribution in [3.63, 3.8) is 0 Å². The first-order chi connectivity index (χ1) is 59.9. The van der Waals surface area contributed by atoms with Gasteiger partial charge in [0, 0.05) is 19.9 Å². The molecule has 127 heavy (non-hydrogen) atoms. The van der Waals surface area contributed by atoms with Crippen molar-refractivity contribution in [3.8, 4) is 0 Å². The summed E-state index contributed by atoms with van der Waals surface area (Å²) >= 11 is 0. The summed E-state index contributed by atoms with van der Waals surface area (Å²) in [4.78, 5) is 262. The molecular formula is C78H145N27O22. The lowest BCUT2D eigenvalue weighted by molar-refractivity contribution is -0.142. The third kappa shape index (κ3) is 48.4. The molecule has 0 heterocycles. The Labute approximate surface area is 739 Å². The van der Waals surface area contributed by atoms with Crippen molar-refractivity contribution < 1.29 is 106 Å². The Bertz CT molecular complexity index is 3580. The van der Waals surface area contributed by atoms with Gasteiger partial charge in [0.25, 0.3) is 0 Å². The summed E-state index contributed by atoms with van der Waals surface area (Å²) in [5.74, 6) is -20.5. The maximum atomic E-state index is 14.5. The fraction of sp³-hybridized carbons (Fsp3) is 0.744. The molecule has 0 aliphatic rings. The van der Waals surface area contributed by atoms with E-state index < -0.39 is 253 Å². The van der Waals surface area contributed by atoms with Crippen LogP contribution in [0.5, 0.6) is 0 Å². The number of nitrogens with zero attached hydrogens (tertiary/aromatic N) is 1. The SMILES string of the molecule is CC(=O)N[C@H](CO)C(=O)N[C@H](CCCN=C(N)N)C(=O)NCC(=O)N[C@H](CCCCN)C(=O)N[C@H](C)C(=O)N[C@H](CCCCN)C(=O)N[C@@H](C(=O)N[C@H](CCCCN)C(=O)N[C@H](C)C(=O)N[C@H](CCCCN)C(=O)N[C@@H](C(=O)N[C@H](CCCCN)C(=O)N[C@H](CC(=O)O)C(=O)N[C@H](CCC(N)=O)C(=O)N[C@@H](C(=O)N[C@H](CCCCN)C(N)=O)[C@H](C)O)C(C)C)C(C)C. The van der Waals surface area contributed by atoms with E-state index in [1.54, 1.807) is 13.8 Å². The van der Waals surface area contributed by atoms with Crippen LogP contribution in [0.2, 0.25) is 0 Å². The van der Waals surface area contributed by atoms with Crippen molar-refractivity contribution in [1.29, 1.82) is 0 Å². The molecule has 0 aliphatic carbocycles. The van der Waals surface area contributed by atoms with Crippen molar-refractivity contribution in [2.45, 2.75) is 300 Å². The van der Waals surface area contributed by atoms with Crippen LogP contribution < -0.4 is 142 Å². The van der Waals surface area contributed by atoms with E-state index in [2.05, 4.69) is 90.1 Å². The first-order valence-electron chi connectivity index (χ1n) is 43.0. The van der Waals surface area contributed by atoms with Crippen LogP contribution in [0.4, 0.5) is 0 Å². The number of rotatable bonds is 69. The molecule has 18 amide bonds. The number of aliphatic carboxylic acids is 1. The molecule has 0 aromatic heterocycles. The van der Waals surface area contributed by atoms with Crippen LogP contribution in [0.25, 0.3) is 0 Å². The quantitative estimate of drug-likeness (QED) is 0.0153. The molecule has 49 nitrogen and oxygen atoms in total. The number of nitrogens with one attached hydrogen (secondary N) is 16. The normalized spacial score (nSPS) is 14.9. The Morgan fingerprint density at radius 2 is 0.606 bits per heavy atom. The van der Waals surface area contributed by atoms with Gasteiger partial charge in [-0.3, -0.25) is 96.1 Å². The molecule has 16 atom stereocenters. The lowest BCUT2D eigenvalue weighted by Gasteiger charge is -2.29. The number of aliphatic imine (C=N–C) groups is 1. The molecule has 0 saturated carbocycles. The number of nitrogens with two attached hydrogens (primary N) is 10. The third-order valence-corrected chi connectivity index (χ3v) is 19.8. The Morgan fingerprint density at radius 1 is 0.315 bits per heavy atom. The van der Waals surface area contributed by atoms with E-state index in [-0.39, 0.29) is 135 Å². The minimum Gasteiger partial charge on any atom is -0.481 e. The van der Waals surface area contributed by atoms with Crippen LogP contribution >= 0.6 is 0 Å². The predicted molar refractivity (Wildman–Crippen MR) is 465 cm³/mol. The number of primary amides is 2. The largest absolute Gasteiger partial charge is 0.481 e. The summed E-state index contributed by atoms with van der Waals surface area (Å²) < 4.78 is 0. The van der Waals surface area contributed by atoms with Crippen LogP contribution in [0.15, 0.2) is 4.99 Å². The predicted octanol–water partition coefficient (Wildman–Crippen LogP) is -10.8. The molecule has 0 aliphatic heterocycles. The Hall–Kier alpha value is -11.1. The van der Waals surface area contributed by atoms with Crippen molar-refractivity contribution in [2.24, 2.45) is 74.2 Å². The van der Waals surface area contributed by atoms with Gasteiger partial charge in [-0.2, -0.15) is 0 Å². The molecule has 0 radical (unpaired) electrons. The maximum Gasteiger partial charge on any atom is 0.305 e. The molecule has 0 rings (SSSR count). The van der Waals surface area contributed by atoms with Gasteiger partial charge >= 0.3 is 5.97 Å². The van der Waals surface area contributed by atoms with Crippen LogP contribution in [-0.2, 0) is 91.1 Å². The summed E-state index contributed by atoms with van der Waals surface area (Å²) in [6, 6.07) is -22.4. The number of hydrogen-bond donors (Lipinski definition) is 29. The number of unbranched alkanes of at least 4 members (excludes halogenated alkanes) is 6. The molecule has 0 aromatic rings. The highest BCUT2D eigenvalue weighted by molar-refractivity contribution is 6.01. The lowest BCUT2D eigenvalue weighted by atomic mass is 10.00. The summed E-state index contributed by atoms with van der Waals surface area (Å²) in [6.07, 6.45) is -0.282. The van der Waals surface area contributed by atoms with Crippen molar-refractivity contribution >= 4 is 118 Å². The second kappa shape index (κ2) is 64.6. The van der Waals surface area contributed by atoms with Gasteiger partial charge in [0.1, 0.15) is 90.6 Å². The minimum absolute atomic E-state index is 0.000933. The highest BCUT2D eigenvalue weighted by Crippen LogP contribution is 2.15. The molecule has 0 saturated heterocycles. The first kappa shape index (κ1) is 116. The number of carbonyl (C=O) groups excluding carboxylic acids is 18. The molecule has 49 heteroatoms. The van der Waals surface area contributed by atoms with Gasteiger partial charge in [-0.25, -0.2) is 0 Å². The number of aliphatic hydroxyl groups excluding tert-OH is 2. The van der Waals surface area contributed by atoms with E-state index in [1.165, 1.54) is 27.7 Å². The van der Waals surface area contributed by atoms with Gasteiger partial charge in [0.05, 0.1) is 25.7 Å². The summed E-state index contributed by atoms with van der Waals surface area (Å²) in [6.45, 7) is 10.7. The highest BCUT2D eigenvalue weighted by atomic mass is 16.4. The molecule has 0 spiro atoms. The van der Waals surface area contributed by atoms with Gasteiger partial charge < -0.3 is 158 Å². The number of aliphatic hydroxyl groups is 2. The van der Waals surface area contributed by atoms with Crippen LogP contribution in [-0.4, -0.2) is 289 Å². The molecule has 39 N–H and O–H groups in total. The van der Waals surface area contributed by atoms with Crippen LogP contribution in [0, 0.1) is 11.8 Å². The topological polar surface area (TPSA) is 850 Å².